The molecule has 13 heteroatoms. The van der Waals surface area contributed by atoms with Crippen molar-refractivity contribution < 1.29 is 8.78 Å². The molecule has 1 unspecified atom stereocenters. The summed E-state index contributed by atoms with van der Waals surface area (Å²) in [5, 5.41) is 34.0. The van der Waals surface area contributed by atoms with Crippen molar-refractivity contribution in [3.05, 3.63) is 105 Å². The summed E-state index contributed by atoms with van der Waals surface area (Å²) in [4.78, 5) is 4.29. The lowest BCUT2D eigenvalue weighted by molar-refractivity contribution is 0.591. The number of hydrogen-bond donors (Lipinski definition) is 2. The first kappa shape index (κ1) is 27.5. The second-order valence-corrected chi connectivity index (χ2v) is 10.6. The van der Waals surface area contributed by atoms with Crippen LogP contribution in [-0.4, -0.2) is 27.8 Å². The molecule has 2 heterocycles. The third-order valence-electron chi connectivity index (χ3n) is 6.96. The Balaban J connectivity index is 1.51. The number of anilines is 3. The summed E-state index contributed by atoms with van der Waals surface area (Å²) in [6.07, 6.45) is 4.96. The molecule has 1 fully saturated rings. The molecule has 1 saturated carbocycles. The van der Waals surface area contributed by atoms with Crippen LogP contribution in [0, 0.1) is 34.3 Å². The van der Waals surface area contributed by atoms with Gasteiger partial charge in [-0.3, -0.25) is 4.98 Å². The van der Waals surface area contributed by atoms with E-state index >= 15 is 0 Å². The molecule has 2 radical (unpaired) electrons. The number of pyridine rings is 1. The van der Waals surface area contributed by atoms with Gasteiger partial charge < -0.3 is 10.6 Å². The molecular weight excluding hydrogens is 580 g/mol. The molecule has 0 saturated heterocycles. The molecule has 1 aliphatic carbocycles. The summed E-state index contributed by atoms with van der Waals surface area (Å²) in [5.74, 6) is -1.94. The minimum atomic E-state index is -1.49. The van der Waals surface area contributed by atoms with E-state index in [1.807, 2.05) is 6.07 Å². The number of nitrogens with one attached hydrogen (secondary N) is 2. The molecule has 1 atom stereocenters. The average Bonchev–Trinajstić information content (AvgIpc) is 3.72. The number of aromatic nitrogens is 4. The van der Waals surface area contributed by atoms with E-state index in [0.717, 1.165) is 25.0 Å². The van der Waals surface area contributed by atoms with E-state index in [2.05, 4.69) is 32.0 Å². The highest BCUT2D eigenvalue weighted by atomic mass is 35.5. The minimum Gasteiger partial charge on any atom is -0.378 e. The Morgan fingerprint density at radius 1 is 1.02 bits per heavy atom. The summed E-state index contributed by atoms with van der Waals surface area (Å²) in [6, 6.07) is 16.4. The highest BCUT2D eigenvalue weighted by Crippen LogP contribution is 2.40. The van der Waals surface area contributed by atoms with Crippen LogP contribution < -0.4 is 10.6 Å². The number of halogens is 4. The third kappa shape index (κ3) is 4.87. The van der Waals surface area contributed by atoms with Crippen molar-refractivity contribution in [1.82, 2.24) is 20.0 Å². The zero-order chi connectivity index (χ0) is 29.6. The van der Waals surface area contributed by atoms with Crippen molar-refractivity contribution in [2.24, 2.45) is 0 Å². The molecule has 0 aliphatic heterocycles. The molecule has 1 aliphatic rings. The van der Waals surface area contributed by atoms with Crippen molar-refractivity contribution in [1.29, 1.82) is 10.5 Å². The molecule has 8 nitrogen and oxygen atoms in total. The Hall–Kier alpha value is -4.71. The zero-order valence-corrected chi connectivity index (χ0v) is 23.0. The summed E-state index contributed by atoms with van der Waals surface area (Å²) >= 11 is 12.5. The first-order valence-corrected chi connectivity index (χ1v) is 13.4. The van der Waals surface area contributed by atoms with Gasteiger partial charge in [-0.2, -0.15) is 10.5 Å². The lowest BCUT2D eigenvalue weighted by atomic mass is 9.69. The van der Waals surface area contributed by atoms with Crippen LogP contribution >= 0.6 is 23.2 Å². The van der Waals surface area contributed by atoms with Gasteiger partial charge in [-0.25, -0.2) is 13.5 Å². The van der Waals surface area contributed by atoms with Gasteiger partial charge in [-0.15, -0.1) is 5.10 Å². The molecule has 0 amide bonds. The first-order valence-electron chi connectivity index (χ1n) is 12.6. The number of nitrogens with zero attached hydrogens (tertiary/aromatic N) is 6. The number of fused-ring (bicyclic) bond motifs is 1. The lowest BCUT2D eigenvalue weighted by Gasteiger charge is -2.32. The van der Waals surface area contributed by atoms with Gasteiger partial charge in [0, 0.05) is 17.3 Å². The highest BCUT2D eigenvalue weighted by molar-refractivity contribution is 6.36. The van der Waals surface area contributed by atoms with Crippen LogP contribution in [0.2, 0.25) is 10.0 Å². The lowest BCUT2D eigenvalue weighted by Crippen LogP contribution is -2.38. The second kappa shape index (κ2) is 10.6. The predicted octanol–water partition coefficient (Wildman–Crippen LogP) is 6.71. The molecule has 0 spiro atoms. The van der Waals surface area contributed by atoms with Crippen LogP contribution in [-0.2, 0) is 5.44 Å². The maximum absolute atomic E-state index is 14.8. The fraction of sp³-hybridized carbons (Fsp3) is 0.138. The molecule has 5 aromatic rings. The van der Waals surface area contributed by atoms with Gasteiger partial charge in [-0.1, -0.05) is 40.5 Å². The van der Waals surface area contributed by atoms with Crippen molar-refractivity contribution >= 4 is 59.0 Å². The van der Waals surface area contributed by atoms with Crippen LogP contribution in [0.15, 0.2) is 60.9 Å². The van der Waals surface area contributed by atoms with Gasteiger partial charge in [0.2, 0.25) is 0 Å². The molecule has 2 aromatic heterocycles. The van der Waals surface area contributed by atoms with Gasteiger partial charge in [0.25, 0.3) is 0 Å². The summed E-state index contributed by atoms with van der Waals surface area (Å²) in [7, 11) is 7.02. The minimum absolute atomic E-state index is 0.00241. The van der Waals surface area contributed by atoms with Crippen molar-refractivity contribution in [3.63, 3.8) is 0 Å². The average molecular weight is 597 g/mol. The second-order valence-electron chi connectivity index (χ2n) is 9.80. The Morgan fingerprint density at radius 3 is 2.57 bits per heavy atom. The summed E-state index contributed by atoms with van der Waals surface area (Å²) in [6.45, 7) is 0. The van der Waals surface area contributed by atoms with E-state index in [0.29, 0.717) is 22.5 Å². The quantitative estimate of drug-likeness (QED) is 0.158. The van der Waals surface area contributed by atoms with E-state index in [4.69, 9.17) is 31.0 Å². The number of hydrogen-bond acceptors (Lipinski definition) is 7. The van der Waals surface area contributed by atoms with Crippen LogP contribution in [0.1, 0.15) is 41.3 Å². The largest absolute Gasteiger partial charge is 0.378 e. The Bertz CT molecular complexity index is 1960. The molecule has 3 aromatic carbocycles. The van der Waals surface area contributed by atoms with Gasteiger partial charge in [0.15, 0.2) is 5.82 Å². The third-order valence-corrected chi connectivity index (χ3v) is 7.54. The topological polar surface area (TPSA) is 115 Å². The molecule has 6 rings (SSSR count). The fourth-order valence-corrected chi connectivity index (χ4v) is 5.06. The highest BCUT2D eigenvalue weighted by Gasteiger charge is 2.34. The summed E-state index contributed by atoms with van der Waals surface area (Å²) in [5.41, 5.74) is -0.0581. The van der Waals surface area contributed by atoms with Crippen LogP contribution in [0.3, 0.4) is 0 Å². The standard InChI is InChI=1S/C29H17BCl2F2N8/c30-29(17-3-1-2-15(8-17)11-35,24-14-42(41-40-24)19-4-5-19)39-18-9-20-26(16(12-36)13-37-27(20)22(32)10-18)38-28-23(33)7-6-21(31)25(28)34/h1-3,6-10,13-14,19,39H,4-5H2,(H,37,38). The van der Waals surface area contributed by atoms with Crippen molar-refractivity contribution in [2.75, 3.05) is 10.6 Å². The van der Waals surface area contributed by atoms with E-state index in [9.17, 15) is 19.3 Å². The van der Waals surface area contributed by atoms with Gasteiger partial charge in [0.1, 0.15) is 31.1 Å². The Labute approximate surface area is 249 Å². The van der Waals surface area contributed by atoms with Gasteiger partial charge in [0.05, 0.1) is 56.1 Å². The maximum Gasteiger partial charge on any atom is 0.168 e. The van der Waals surface area contributed by atoms with Crippen molar-refractivity contribution in [2.45, 2.75) is 24.3 Å². The normalized spacial score (nSPS) is 14.1. The zero-order valence-electron chi connectivity index (χ0n) is 21.5. The maximum atomic E-state index is 14.8. The van der Waals surface area contributed by atoms with Gasteiger partial charge >= 0.3 is 0 Å². The SMILES string of the molecule is [B]C(Nc1cc(Cl)c2ncc(C#N)c(Nc3c(F)ccc(Cl)c3F)c2c1)(c1cccc(C#N)c1)c1cn(C2CC2)nn1. The van der Waals surface area contributed by atoms with Gasteiger partial charge in [-0.05, 0) is 54.8 Å². The van der Waals surface area contributed by atoms with Crippen LogP contribution in [0.4, 0.5) is 25.8 Å². The van der Waals surface area contributed by atoms with Crippen LogP contribution in [0.5, 0.6) is 0 Å². The van der Waals surface area contributed by atoms with E-state index < -0.39 is 22.8 Å². The fourth-order valence-electron chi connectivity index (χ4n) is 4.64. The molecule has 2 N–H and O–H groups in total. The molecule has 0 bridgehead atoms. The first-order chi connectivity index (χ1) is 20.2. The number of nitriles is 2. The molecule has 42 heavy (non-hydrogen) atoms. The van der Waals surface area contributed by atoms with Crippen molar-refractivity contribution in [3.8, 4) is 12.1 Å². The van der Waals surface area contributed by atoms with E-state index in [-0.39, 0.29) is 38.2 Å². The van der Waals surface area contributed by atoms with E-state index in [1.165, 1.54) is 6.20 Å². The van der Waals surface area contributed by atoms with E-state index in [1.54, 1.807) is 47.3 Å². The van der Waals surface area contributed by atoms with Crippen LogP contribution in [0.25, 0.3) is 10.9 Å². The number of benzene rings is 3. The predicted molar refractivity (Wildman–Crippen MR) is 156 cm³/mol. The number of rotatable bonds is 7. The summed E-state index contributed by atoms with van der Waals surface area (Å²) < 4.78 is 31.3. The molecular formula is C29H17BCl2F2N8. The smallest absolute Gasteiger partial charge is 0.168 e. The Morgan fingerprint density at radius 2 is 1.83 bits per heavy atom. The Kier molecular flexibility index (Phi) is 6.93. The monoisotopic (exact) mass is 596 g/mol. The molecule has 204 valence electrons.